The fourth-order valence-electron chi connectivity index (χ4n) is 1.16. The Balaban J connectivity index is 2.09. The zero-order valence-electron chi connectivity index (χ0n) is 9.18. The second kappa shape index (κ2) is 6.70. The molecule has 1 aromatic heterocycles. The first-order valence-electron chi connectivity index (χ1n) is 5.04. The lowest BCUT2D eigenvalue weighted by Gasteiger charge is -2.04. The molecule has 0 aliphatic heterocycles. The van der Waals surface area contributed by atoms with Crippen LogP contribution in [-0.4, -0.2) is 27.4 Å². The molecule has 0 saturated heterocycles. The lowest BCUT2D eigenvalue weighted by Crippen LogP contribution is -2.34. The van der Waals surface area contributed by atoms with Gasteiger partial charge in [0, 0.05) is 18.0 Å². The molecule has 17 heavy (non-hydrogen) atoms. The number of carbonyl (C=O) groups is 1. The maximum absolute atomic E-state index is 11.4. The average Bonchev–Trinajstić information content (AvgIpc) is 2.68. The topological polar surface area (TPSA) is 101 Å². The van der Waals surface area contributed by atoms with E-state index in [0.717, 1.165) is 4.88 Å². The monoisotopic (exact) mass is 277 g/mol. The molecule has 0 bridgehead atoms. The fraction of sp³-hybridized carbons (Fsp3) is 0.444. The van der Waals surface area contributed by atoms with Crippen molar-refractivity contribution in [2.45, 2.75) is 12.8 Å². The second-order valence-electron chi connectivity index (χ2n) is 3.40. The van der Waals surface area contributed by atoms with Gasteiger partial charge in [-0.15, -0.1) is 11.3 Å². The van der Waals surface area contributed by atoms with Crippen molar-refractivity contribution in [3.05, 3.63) is 22.4 Å². The number of thiophene rings is 1. The third-order valence-electron chi connectivity index (χ3n) is 1.89. The molecule has 1 rings (SSSR count). The average molecular weight is 277 g/mol. The van der Waals surface area contributed by atoms with Gasteiger partial charge >= 0.3 is 0 Å². The van der Waals surface area contributed by atoms with Gasteiger partial charge in [0.15, 0.2) is 0 Å². The minimum Gasteiger partial charge on any atom is -0.356 e. The van der Waals surface area contributed by atoms with Crippen molar-refractivity contribution in [2.24, 2.45) is 5.14 Å². The van der Waals surface area contributed by atoms with E-state index in [4.69, 9.17) is 5.14 Å². The lowest BCUT2D eigenvalue weighted by molar-refractivity contribution is -0.120. The number of hydrogen-bond acceptors (Lipinski definition) is 4. The van der Waals surface area contributed by atoms with Crippen LogP contribution in [0.15, 0.2) is 17.5 Å². The Labute approximate surface area is 104 Å². The van der Waals surface area contributed by atoms with Crippen molar-refractivity contribution < 1.29 is 13.2 Å². The van der Waals surface area contributed by atoms with Crippen LogP contribution in [0.4, 0.5) is 0 Å². The van der Waals surface area contributed by atoms with Gasteiger partial charge in [0.1, 0.15) is 0 Å². The highest BCUT2D eigenvalue weighted by molar-refractivity contribution is 7.87. The molecule has 8 heteroatoms. The maximum atomic E-state index is 11.4. The molecular formula is C9H15N3O3S2. The van der Waals surface area contributed by atoms with Crippen LogP contribution in [0.5, 0.6) is 0 Å². The summed E-state index contributed by atoms with van der Waals surface area (Å²) in [5, 5.41) is 9.36. The maximum Gasteiger partial charge on any atom is 0.274 e. The van der Waals surface area contributed by atoms with Crippen molar-refractivity contribution in [2.75, 3.05) is 13.1 Å². The predicted molar refractivity (Wildman–Crippen MR) is 66.8 cm³/mol. The third-order valence-corrected chi connectivity index (χ3v) is 3.38. The van der Waals surface area contributed by atoms with Crippen LogP contribution in [0, 0.1) is 0 Å². The van der Waals surface area contributed by atoms with Crippen LogP contribution >= 0.6 is 11.3 Å². The number of hydrogen-bond donors (Lipinski definition) is 3. The van der Waals surface area contributed by atoms with Crippen LogP contribution in [0.1, 0.15) is 11.3 Å². The number of amides is 1. The molecule has 0 unspecified atom stereocenters. The van der Waals surface area contributed by atoms with E-state index in [9.17, 15) is 13.2 Å². The van der Waals surface area contributed by atoms with Crippen molar-refractivity contribution in [3.8, 4) is 0 Å². The molecule has 1 aromatic rings. The number of nitrogens with two attached hydrogens (primary N) is 1. The van der Waals surface area contributed by atoms with Crippen molar-refractivity contribution in [3.63, 3.8) is 0 Å². The fourth-order valence-corrected chi connectivity index (χ4v) is 2.30. The first kappa shape index (κ1) is 14.1. The molecule has 0 radical (unpaired) electrons. The summed E-state index contributed by atoms with van der Waals surface area (Å²) in [5.74, 6) is -0.0666. The summed E-state index contributed by atoms with van der Waals surface area (Å²) in [5.41, 5.74) is 0. The first-order chi connectivity index (χ1) is 7.97. The zero-order valence-corrected chi connectivity index (χ0v) is 10.8. The van der Waals surface area contributed by atoms with E-state index in [-0.39, 0.29) is 12.5 Å². The standard InChI is InChI=1S/C9H15N3O3S2/c10-17(14,15)12-5-2-4-11-9(13)7-8-3-1-6-16-8/h1,3,6,12H,2,4-5,7H2,(H,11,13)(H2,10,14,15). The highest BCUT2D eigenvalue weighted by Crippen LogP contribution is 2.08. The van der Waals surface area contributed by atoms with E-state index in [2.05, 4.69) is 10.0 Å². The molecule has 0 aromatic carbocycles. The molecule has 0 saturated carbocycles. The molecule has 0 aliphatic rings. The van der Waals surface area contributed by atoms with Gasteiger partial charge in [0.05, 0.1) is 6.42 Å². The summed E-state index contributed by atoms with van der Waals surface area (Å²) in [4.78, 5) is 12.4. The predicted octanol–water partition coefficient (Wildman–Crippen LogP) is -0.410. The third kappa shape index (κ3) is 7.05. The number of rotatable bonds is 7. The lowest BCUT2D eigenvalue weighted by atomic mass is 10.3. The van der Waals surface area contributed by atoms with E-state index < -0.39 is 10.2 Å². The van der Waals surface area contributed by atoms with Crippen LogP contribution < -0.4 is 15.2 Å². The molecular weight excluding hydrogens is 262 g/mol. The summed E-state index contributed by atoms with van der Waals surface area (Å²) < 4.78 is 23.2. The largest absolute Gasteiger partial charge is 0.356 e. The summed E-state index contributed by atoms with van der Waals surface area (Å²) in [6.45, 7) is 0.644. The van der Waals surface area contributed by atoms with Gasteiger partial charge in [-0.2, -0.15) is 8.42 Å². The zero-order chi connectivity index (χ0) is 12.7. The summed E-state index contributed by atoms with van der Waals surface area (Å²) in [6.07, 6.45) is 0.868. The van der Waals surface area contributed by atoms with Gasteiger partial charge in [-0.05, 0) is 17.9 Å². The smallest absolute Gasteiger partial charge is 0.274 e. The second-order valence-corrected chi connectivity index (χ2v) is 5.81. The molecule has 4 N–H and O–H groups in total. The number of carbonyl (C=O) groups excluding carboxylic acids is 1. The Morgan fingerprint density at radius 3 is 2.76 bits per heavy atom. The summed E-state index contributed by atoms with van der Waals surface area (Å²) in [7, 11) is -3.63. The van der Waals surface area contributed by atoms with Gasteiger partial charge in [-0.25, -0.2) is 9.86 Å². The van der Waals surface area contributed by atoms with Crippen LogP contribution in [0.25, 0.3) is 0 Å². The molecule has 1 amide bonds. The Kier molecular flexibility index (Phi) is 5.56. The van der Waals surface area contributed by atoms with E-state index in [0.29, 0.717) is 19.4 Å². The summed E-state index contributed by atoms with van der Waals surface area (Å²) >= 11 is 1.53. The van der Waals surface area contributed by atoms with Crippen molar-refractivity contribution in [1.29, 1.82) is 0 Å². The van der Waals surface area contributed by atoms with Gasteiger partial charge in [-0.3, -0.25) is 4.79 Å². The van der Waals surface area contributed by atoms with Crippen LogP contribution in [-0.2, 0) is 21.4 Å². The van der Waals surface area contributed by atoms with Crippen LogP contribution in [0.3, 0.4) is 0 Å². The molecule has 0 atom stereocenters. The summed E-state index contributed by atoms with van der Waals surface area (Å²) in [6, 6.07) is 3.79. The highest BCUT2D eigenvalue weighted by Gasteiger charge is 2.04. The minimum atomic E-state index is -3.63. The Bertz CT molecular complexity index is 442. The molecule has 96 valence electrons. The van der Waals surface area contributed by atoms with E-state index in [1.54, 1.807) is 0 Å². The van der Waals surface area contributed by atoms with Crippen molar-refractivity contribution >= 4 is 27.5 Å². The van der Waals surface area contributed by atoms with Crippen molar-refractivity contribution in [1.82, 2.24) is 10.0 Å². The highest BCUT2D eigenvalue weighted by atomic mass is 32.2. The molecule has 0 aliphatic carbocycles. The quantitative estimate of drug-likeness (QED) is 0.590. The van der Waals surface area contributed by atoms with E-state index in [1.807, 2.05) is 17.5 Å². The Morgan fingerprint density at radius 1 is 1.41 bits per heavy atom. The van der Waals surface area contributed by atoms with E-state index in [1.165, 1.54) is 11.3 Å². The van der Waals surface area contributed by atoms with Crippen LogP contribution in [0.2, 0.25) is 0 Å². The Morgan fingerprint density at radius 2 is 2.18 bits per heavy atom. The SMILES string of the molecule is NS(=O)(=O)NCCCNC(=O)Cc1cccs1. The molecule has 0 spiro atoms. The molecule has 0 fully saturated rings. The molecule has 6 nitrogen and oxygen atoms in total. The number of nitrogens with one attached hydrogen (secondary N) is 2. The first-order valence-corrected chi connectivity index (χ1v) is 7.46. The Hall–Kier alpha value is -0.960. The van der Waals surface area contributed by atoms with E-state index >= 15 is 0 Å². The normalized spacial score (nSPS) is 11.4. The van der Waals surface area contributed by atoms with Gasteiger partial charge in [-0.1, -0.05) is 6.07 Å². The van der Waals surface area contributed by atoms with Gasteiger partial charge in [0.25, 0.3) is 10.2 Å². The minimum absolute atomic E-state index is 0.0666. The molecule has 1 heterocycles. The van der Waals surface area contributed by atoms with Gasteiger partial charge < -0.3 is 5.32 Å². The van der Waals surface area contributed by atoms with Gasteiger partial charge in [0.2, 0.25) is 5.91 Å².